The highest BCUT2D eigenvalue weighted by Crippen LogP contribution is 2.15. The highest BCUT2D eigenvalue weighted by Gasteiger charge is 2.09. The van der Waals surface area contributed by atoms with Crippen molar-refractivity contribution in [2.75, 3.05) is 11.9 Å². The van der Waals surface area contributed by atoms with Gasteiger partial charge in [0, 0.05) is 18.3 Å². The Morgan fingerprint density at radius 3 is 2.95 bits per heavy atom. The third kappa shape index (κ3) is 3.19. The number of halogens is 2. The minimum absolute atomic E-state index is 0.226. The molecule has 1 N–H and O–H groups in total. The number of rotatable bonds is 5. The fourth-order valence-electron chi connectivity index (χ4n) is 1.82. The standard InChI is InChI=1S/C14H15F2N3/c1-3-6-17-14-18-10(2)8-19(14)9-11-7-12(15)4-5-13(11)16/h3-5,7-8H,1,6,9H2,2H3,(H,17,18). The summed E-state index contributed by atoms with van der Waals surface area (Å²) in [5.74, 6) is -0.266. The summed E-state index contributed by atoms with van der Waals surface area (Å²) in [6.45, 7) is 6.24. The summed E-state index contributed by atoms with van der Waals surface area (Å²) in [7, 11) is 0. The van der Waals surface area contributed by atoms with Gasteiger partial charge in [0.2, 0.25) is 5.95 Å². The molecule has 0 saturated heterocycles. The van der Waals surface area contributed by atoms with Gasteiger partial charge in [-0.15, -0.1) is 6.58 Å². The van der Waals surface area contributed by atoms with Crippen molar-refractivity contribution in [3.63, 3.8) is 0 Å². The topological polar surface area (TPSA) is 29.9 Å². The Kier molecular flexibility index (Phi) is 3.94. The minimum Gasteiger partial charge on any atom is -0.352 e. The largest absolute Gasteiger partial charge is 0.352 e. The fraction of sp³-hybridized carbons (Fsp3) is 0.214. The van der Waals surface area contributed by atoms with Gasteiger partial charge in [-0.1, -0.05) is 6.08 Å². The van der Waals surface area contributed by atoms with E-state index in [0.29, 0.717) is 18.1 Å². The molecule has 0 saturated carbocycles. The van der Waals surface area contributed by atoms with E-state index in [2.05, 4.69) is 16.9 Å². The van der Waals surface area contributed by atoms with Crippen molar-refractivity contribution in [2.45, 2.75) is 13.5 Å². The molecule has 0 aliphatic rings. The molecule has 0 aliphatic heterocycles. The molecule has 3 nitrogen and oxygen atoms in total. The summed E-state index contributed by atoms with van der Waals surface area (Å²) in [4.78, 5) is 4.28. The molecule has 1 aromatic heterocycles. The molecule has 0 radical (unpaired) electrons. The molecule has 0 unspecified atom stereocenters. The normalized spacial score (nSPS) is 10.5. The van der Waals surface area contributed by atoms with Crippen LogP contribution in [0, 0.1) is 18.6 Å². The second kappa shape index (κ2) is 5.65. The van der Waals surface area contributed by atoms with Crippen LogP contribution in [0.25, 0.3) is 0 Å². The van der Waals surface area contributed by atoms with Gasteiger partial charge in [0.25, 0.3) is 0 Å². The van der Waals surface area contributed by atoms with Gasteiger partial charge >= 0.3 is 0 Å². The maximum Gasteiger partial charge on any atom is 0.203 e. The molecule has 2 aromatic rings. The number of nitrogens with zero attached hydrogens (tertiary/aromatic N) is 2. The van der Waals surface area contributed by atoms with Crippen LogP contribution in [0.1, 0.15) is 11.3 Å². The van der Waals surface area contributed by atoms with E-state index in [9.17, 15) is 8.78 Å². The molecule has 5 heteroatoms. The van der Waals surface area contributed by atoms with Gasteiger partial charge in [0.1, 0.15) is 11.6 Å². The van der Waals surface area contributed by atoms with Crippen LogP contribution in [-0.4, -0.2) is 16.1 Å². The van der Waals surface area contributed by atoms with E-state index >= 15 is 0 Å². The Bertz CT molecular complexity index is 590. The summed E-state index contributed by atoms with van der Waals surface area (Å²) in [5.41, 5.74) is 1.10. The lowest BCUT2D eigenvalue weighted by molar-refractivity contribution is 0.577. The van der Waals surface area contributed by atoms with E-state index in [1.54, 1.807) is 16.8 Å². The highest BCUT2D eigenvalue weighted by atomic mass is 19.1. The maximum absolute atomic E-state index is 13.6. The monoisotopic (exact) mass is 263 g/mol. The van der Waals surface area contributed by atoms with E-state index in [4.69, 9.17) is 0 Å². The molecular formula is C14H15F2N3. The molecule has 1 heterocycles. The molecule has 0 spiro atoms. The van der Waals surface area contributed by atoms with Crippen LogP contribution in [0.2, 0.25) is 0 Å². The number of anilines is 1. The average molecular weight is 263 g/mol. The molecule has 0 amide bonds. The number of aryl methyl sites for hydroxylation is 1. The van der Waals surface area contributed by atoms with Crippen LogP contribution < -0.4 is 5.32 Å². The molecule has 100 valence electrons. The van der Waals surface area contributed by atoms with Crippen LogP contribution in [0.3, 0.4) is 0 Å². The Balaban J connectivity index is 2.27. The molecular weight excluding hydrogens is 248 g/mol. The van der Waals surface area contributed by atoms with Gasteiger partial charge in [0.05, 0.1) is 12.2 Å². The molecule has 19 heavy (non-hydrogen) atoms. The Morgan fingerprint density at radius 1 is 1.42 bits per heavy atom. The Morgan fingerprint density at radius 2 is 2.21 bits per heavy atom. The zero-order valence-electron chi connectivity index (χ0n) is 10.7. The molecule has 0 bridgehead atoms. The second-order valence-electron chi connectivity index (χ2n) is 4.24. The van der Waals surface area contributed by atoms with Gasteiger partial charge in [0.15, 0.2) is 0 Å². The van der Waals surface area contributed by atoms with Crippen LogP contribution in [-0.2, 0) is 6.54 Å². The number of hydrogen-bond donors (Lipinski definition) is 1. The molecule has 0 fully saturated rings. The summed E-state index contributed by atoms with van der Waals surface area (Å²) < 4.78 is 28.5. The number of benzene rings is 1. The zero-order valence-corrected chi connectivity index (χ0v) is 10.7. The summed E-state index contributed by atoms with van der Waals surface area (Å²) in [6, 6.07) is 3.43. The molecule has 2 rings (SSSR count). The zero-order chi connectivity index (χ0) is 13.8. The number of aromatic nitrogens is 2. The van der Waals surface area contributed by atoms with Gasteiger partial charge in [-0.3, -0.25) is 0 Å². The van der Waals surface area contributed by atoms with Gasteiger partial charge in [-0.25, -0.2) is 13.8 Å². The summed E-state index contributed by atoms with van der Waals surface area (Å²) in [6.07, 6.45) is 3.49. The quantitative estimate of drug-likeness (QED) is 0.840. The molecule has 1 aromatic carbocycles. The van der Waals surface area contributed by atoms with Crippen molar-refractivity contribution in [3.8, 4) is 0 Å². The highest BCUT2D eigenvalue weighted by molar-refractivity contribution is 5.31. The third-order valence-corrected chi connectivity index (χ3v) is 2.65. The SMILES string of the molecule is C=CCNc1nc(C)cn1Cc1cc(F)ccc1F. The summed E-state index contributed by atoms with van der Waals surface area (Å²) >= 11 is 0. The van der Waals surface area contributed by atoms with Crippen molar-refractivity contribution in [2.24, 2.45) is 0 Å². The van der Waals surface area contributed by atoms with Crippen LogP contribution in [0.5, 0.6) is 0 Å². The van der Waals surface area contributed by atoms with E-state index in [-0.39, 0.29) is 6.54 Å². The van der Waals surface area contributed by atoms with Crippen LogP contribution in [0.4, 0.5) is 14.7 Å². The first-order valence-electron chi connectivity index (χ1n) is 5.92. The predicted octanol–water partition coefficient (Wildman–Crippen LogP) is 3.12. The minimum atomic E-state index is -0.450. The van der Waals surface area contributed by atoms with E-state index in [1.807, 2.05) is 6.92 Å². The second-order valence-corrected chi connectivity index (χ2v) is 4.24. The predicted molar refractivity (Wildman–Crippen MR) is 71.1 cm³/mol. The van der Waals surface area contributed by atoms with Crippen molar-refractivity contribution in [1.29, 1.82) is 0 Å². The van der Waals surface area contributed by atoms with Crippen molar-refractivity contribution in [1.82, 2.24) is 9.55 Å². The van der Waals surface area contributed by atoms with Crippen molar-refractivity contribution >= 4 is 5.95 Å². The van der Waals surface area contributed by atoms with E-state index in [1.165, 1.54) is 6.07 Å². The smallest absolute Gasteiger partial charge is 0.203 e. The van der Waals surface area contributed by atoms with Gasteiger partial charge < -0.3 is 9.88 Å². The molecule has 0 atom stereocenters. The third-order valence-electron chi connectivity index (χ3n) is 2.65. The average Bonchev–Trinajstić information content (AvgIpc) is 2.71. The number of hydrogen-bond acceptors (Lipinski definition) is 2. The Labute approximate surface area is 110 Å². The van der Waals surface area contributed by atoms with Crippen LogP contribution >= 0.6 is 0 Å². The van der Waals surface area contributed by atoms with Crippen molar-refractivity contribution in [3.05, 3.63) is 59.9 Å². The lowest BCUT2D eigenvalue weighted by atomic mass is 10.2. The number of nitrogens with one attached hydrogen (secondary N) is 1. The lowest BCUT2D eigenvalue weighted by Crippen LogP contribution is -2.09. The first kappa shape index (κ1) is 13.3. The van der Waals surface area contributed by atoms with Crippen LogP contribution in [0.15, 0.2) is 37.1 Å². The van der Waals surface area contributed by atoms with Gasteiger partial charge in [-0.05, 0) is 25.1 Å². The Hall–Kier alpha value is -2.17. The molecule has 0 aliphatic carbocycles. The fourth-order valence-corrected chi connectivity index (χ4v) is 1.82. The first-order valence-corrected chi connectivity index (χ1v) is 5.92. The van der Waals surface area contributed by atoms with E-state index < -0.39 is 11.6 Å². The lowest BCUT2D eigenvalue weighted by Gasteiger charge is -2.09. The van der Waals surface area contributed by atoms with Gasteiger partial charge in [-0.2, -0.15) is 0 Å². The maximum atomic E-state index is 13.6. The number of imidazole rings is 1. The first-order chi connectivity index (χ1) is 9.10. The van der Waals surface area contributed by atoms with E-state index in [0.717, 1.165) is 17.8 Å². The van der Waals surface area contributed by atoms with Crippen molar-refractivity contribution < 1.29 is 8.78 Å². The summed E-state index contributed by atoms with van der Waals surface area (Å²) in [5, 5.41) is 3.06.